The number of amides is 1. The van der Waals surface area contributed by atoms with Crippen LogP contribution in [0.15, 0.2) is 54.9 Å². The molecular formula is C24H20F5N5O. The monoisotopic (exact) mass is 489 g/mol. The fourth-order valence-corrected chi connectivity index (χ4v) is 3.58. The number of carbonyl (C=O) groups excluding carboxylic acids is 1. The molecule has 0 aliphatic heterocycles. The van der Waals surface area contributed by atoms with Crippen LogP contribution in [-0.4, -0.2) is 25.9 Å². The van der Waals surface area contributed by atoms with Crippen molar-refractivity contribution in [3.05, 3.63) is 106 Å². The van der Waals surface area contributed by atoms with Crippen LogP contribution >= 0.6 is 0 Å². The zero-order chi connectivity index (χ0) is 25.2. The van der Waals surface area contributed by atoms with Gasteiger partial charge >= 0.3 is 6.18 Å². The van der Waals surface area contributed by atoms with E-state index in [-0.39, 0.29) is 18.7 Å². The van der Waals surface area contributed by atoms with E-state index in [1.165, 1.54) is 22.9 Å². The number of aryl methyl sites for hydroxylation is 1. The van der Waals surface area contributed by atoms with Crippen molar-refractivity contribution in [2.24, 2.45) is 0 Å². The molecule has 0 bridgehead atoms. The number of aromatic amines is 1. The van der Waals surface area contributed by atoms with E-state index in [9.17, 15) is 26.7 Å². The summed E-state index contributed by atoms with van der Waals surface area (Å²) >= 11 is 0. The highest BCUT2D eigenvalue weighted by atomic mass is 19.4. The van der Waals surface area contributed by atoms with Crippen molar-refractivity contribution < 1.29 is 26.7 Å². The molecular weight excluding hydrogens is 469 g/mol. The number of nitrogens with zero attached hydrogens (tertiary/aromatic N) is 3. The molecule has 11 heteroatoms. The molecule has 2 aromatic carbocycles. The largest absolute Gasteiger partial charge is 0.420 e. The summed E-state index contributed by atoms with van der Waals surface area (Å²) < 4.78 is 68.1. The Morgan fingerprint density at radius 2 is 1.71 bits per heavy atom. The molecule has 0 atom stereocenters. The molecule has 6 nitrogen and oxygen atoms in total. The highest BCUT2D eigenvalue weighted by Crippen LogP contribution is 2.30. The standard InChI is InChI=1S/C24H20F5N5O/c1-14-12-34(13-17-19(25)3-2-4-20(17)26)33-21(14)9-15-5-7-16(8-6-15)10-30-23(35)22-18(11-31-32-22)24(27,28)29/h2-8,11-12H,9-10,13H2,1H3,(H,30,35)(H,31,32). The van der Waals surface area contributed by atoms with Gasteiger partial charge in [0.25, 0.3) is 5.91 Å². The van der Waals surface area contributed by atoms with Gasteiger partial charge in [-0.3, -0.25) is 14.6 Å². The van der Waals surface area contributed by atoms with Crippen molar-refractivity contribution >= 4 is 5.91 Å². The van der Waals surface area contributed by atoms with E-state index >= 15 is 0 Å². The number of alkyl halides is 3. The smallest absolute Gasteiger partial charge is 0.347 e. The molecule has 2 N–H and O–H groups in total. The van der Waals surface area contributed by atoms with Crippen molar-refractivity contribution in [3.63, 3.8) is 0 Å². The van der Waals surface area contributed by atoms with Crippen LogP contribution in [0.25, 0.3) is 0 Å². The third kappa shape index (κ3) is 5.56. The zero-order valence-electron chi connectivity index (χ0n) is 18.5. The lowest BCUT2D eigenvalue weighted by Crippen LogP contribution is -2.25. The predicted octanol–water partition coefficient (Wildman–Crippen LogP) is 4.78. The summed E-state index contributed by atoms with van der Waals surface area (Å²) in [6.45, 7) is 1.84. The van der Waals surface area contributed by atoms with E-state index in [0.717, 1.165) is 16.8 Å². The molecule has 4 rings (SSSR count). The minimum absolute atomic E-state index is 0.0251. The lowest BCUT2D eigenvalue weighted by molar-refractivity contribution is -0.137. The number of aromatic nitrogens is 4. The van der Waals surface area contributed by atoms with Crippen LogP contribution in [0.4, 0.5) is 22.0 Å². The van der Waals surface area contributed by atoms with Crippen molar-refractivity contribution in [2.75, 3.05) is 0 Å². The molecule has 0 fully saturated rings. The second-order valence-electron chi connectivity index (χ2n) is 7.99. The zero-order valence-corrected chi connectivity index (χ0v) is 18.5. The molecule has 4 aromatic rings. The van der Waals surface area contributed by atoms with Gasteiger partial charge < -0.3 is 5.32 Å². The molecule has 2 aromatic heterocycles. The van der Waals surface area contributed by atoms with Crippen LogP contribution in [0.3, 0.4) is 0 Å². The average molecular weight is 489 g/mol. The van der Waals surface area contributed by atoms with Gasteiger partial charge in [0.1, 0.15) is 22.9 Å². The summed E-state index contributed by atoms with van der Waals surface area (Å²) in [5.41, 5.74) is 1.35. The number of halogens is 5. The first-order chi connectivity index (χ1) is 16.6. The number of hydrogen-bond donors (Lipinski definition) is 2. The van der Waals surface area contributed by atoms with Gasteiger partial charge in [0, 0.05) is 24.7 Å². The van der Waals surface area contributed by atoms with E-state index in [2.05, 4.69) is 20.6 Å². The normalized spacial score (nSPS) is 11.6. The van der Waals surface area contributed by atoms with Crippen molar-refractivity contribution in [1.29, 1.82) is 0 Å². The van der Waals surface area contributed by atoms with Gasteiger partial charge in [0.05, 0.1) is 18.4 Å². The Labute approximate surface area is 196 Å². The summed E-state index contributed by atoms with van der Waals surface area (Å²) in [6, 6.07) is 10.8. The number of hydrogen-bond acceptors (Lipinski definition) is 3. The number of H-pyrrole nitrogens is 1. The molecule has 0 saturated heterocycles. The highest BCUT2D eigenvalue weighted by Gasteiger charge is 2.37. The Bertz CT molecular complexity index is 1320. The van der Waals surface area contributed by atoms with Crippen molar-refractivity contribution in [3.8, 4) is 0 Å². The third-order valence-corrected chi connectivity index (χ3v) is 5.45. The van der Waals surface area contributed by atoms with Gasteiger partial charge in [0.2, 0.25) is 0 Å². The quantitative estimate of drug-likeness (QED) is 0.367. The van der Waals surface area contributed by atoms with Gasteiger partial charge in [-0.05, 0) is 35.7 Å². The topological polar surface area (TPSA) is 75.6 Å². The highest BCUT2D eigenvalue weighted by molar-refractivity contribution is 5.93. The summed E-state index contributed by atoms with van der Waals surface area (Å²) in [5, 5.41) is 12.3. The maximum Gasteiger partial charge on any atom is 0.420 e. The SMILES string of the molecule is Cc1cn(Cc2c(F)cccc2F)nc1Cc1ccc(CNC(=O)c2[nH]ncc2C(F)(F)F)cc1. The number of benzene rings is 2. The van der Waals surface area contributed by atoms with Crippen molar-refractivity contribution in [2.45, 2.75) is 32.6 Å². The second-order valence-corrected chi connectivity index (χ2v) is 7.99. The first kappa shape index (κ1) is 24.1. The summed E-state index contributed by atoms with van der Waals surface area (Å²) in [5.74, 6) is -2.18. The Morgan fingerprint density at radius 1 is 1.06 bits per heavy atom. The Morgan fingerprint density at radius 3 is 2.37 bits per heavy atom. The lowest BCUT2D eigenvalue weighted by atomic mass is 10.1. The van der Waals surface area contributed by atoms with Gasteiger partial charge in [-0.1, -0.05) is 30.3 Å². The van der Waals surface area contributed by atoms with E-state index in [1.807, 2.05) is 19.1 Å². The van der Waals surface area contributed by atoms with Crippen LogP contribution in [-0.2, 0) is 25.7 Å². The fourth-order valence-electron chi connectivity index (χ4n) is 3.58. The van der Waals surface area contributed by atoms with Crippen LogP contribution < -0.4 is 5.32 Å². The average Bonchev–Trinajstić information content (AvgIpc) is 3.43. The van der Waals surface area contributed by atoms with E-state index < -0.39 is 35.0 Å². The molecule has 0 aliphatic rings. The van der Waals surface area contributed by atoms with Gasteiger partial charge in [-0.25, -0.2) is 8.78 Å². The lowest BCUT2D eigenvalue weighted by Gasteiger charge is -2.08. The van der Waals surface area contributed by atoms with E-state index in [4.69, 9.17) is 0 Å². The molecule has 0 radical (unpaired) electrons. The molecule has 182 valence electrons. The molecule has 1 amide bonds. The Hall–Kier alpha value is -4.02. The molecule has 0 spiro atoms. The molecule has 2 heterocycles. The first-order valence-corrected chi connectivity index (χ1v) is 10.5. The predicted molar refractivity (Wildman–Crippen MR) is 116 cm³/mol. The van der Waals surface area contributed by atoms with Gasteiger partial charge in [-0.15, -0.1) is 0 Å². The second kappa shape index (κ2) is 9.69. The van der Waals surface area contributed by atoms with Crippen LogP contribution in [0, 0.1) is 18.6 Å². The van der Waals surface area contributed by atoms with Crippen LogP contribution in [0.5, 0.6) is 0 Å². The third-order valence-electron chi connectivity index (χ3n) is 5.45. The minimum atomic E-state index is -4.68. The summed E-state index contributed by atoms with van der Waals surface area (Å²) in [7, 11) is 0. The Kier molecular flexibility index (Phi) is 6.68. The summed E-state index contributed by atoms with van der Waals surface area (Å²) in [4.78, 5) is 12.1. The number of nitrogens with one attached hydrogen (secondary N) is 2. The van der Waals surface area contributed by atoms with Gasteiger partial charge in [0.15, 0.2) is 0 Å². The van der Waals surface area contributed by atoms with Crippen LogP contribution in [0.2, 0.25) is 0 Å². The molecule has 0 aliphatic carbocycles. The fraction of sp³-hybridized carbons (Fsp3) is 0.208. The first-order valence-electron chi connectivity index (χ1n) is 10.5. The molecule has 0 saturated carbocycles. The van der Waals surface area contributed by atoms with E-state index in [0.29, 0.717) is 18.2 Å². The number of rotatable bonds is 7. The Balaban J connectivity index is 1.38. The van der Waals surface area contributed by atoms with Crippen molar-refractivity contribution in [1.82, 2.24) is 25.3 Å². The summed E-state index contributed by atoms with van der Waals surface area (Å²) in [6.07, 6.45) is -1.93. The maximum atomic E-state index is 13.9. The number of carbonyl (C=O) groups is 1. The maximum absolute atomic E-state index is 13.9. The minimum Gasteiger partial charge on any atom is -0.347 e. The van der Waals surface area contributed by atoms with Gasteiger partial charge in [-0.2, -0.15) is 23.4 Å². The molecule has 0 unspecified atom stereocenters. The van der Waals surface area contributed by atoms with E-state index in [1.54, 1.807) is 18.3 Å². The molecule has 35 heavy (non-hydrogen) atoms. The van der Waals surface area contributed by atoms with Crippen LogP contribution in [0.1, 0.15) is 44.0 Å².